The molecule has 0 saturated heterocycles. The molecule has 1 aromatic rings. The molecule has 82 valence electrons. The molecule has 1 rings (SSSR count). The Morgan fingerprint density at radius 3 is 3.00 bits per heavy atom. The highest BCUT2D eigenvalue weighted by molar-refractivity contribution is 7.80. The third kappa shape index (κ3) is 4.31. The van der Waals surface area contributed by atoms with Crippen LogP contribution in [0.2, 0.25) is 0 Å². The van der Waals surface area contributed by atoms with Gasteiger partial charge in [-0.15, -0.1) is 0 Å². The minimum Gasteiger partial charge on any atom is -0.480 e. The molecule has 0 saturated carbocycles. The molecule has 4 nitrogen and oxygen atoms in total. The van der Waals surface area contributed by atoms with Gasteiger partial charge in [0.15, 0.2) is 0 Å². The molecule has 1 heterocycles. The third-order valence-electron chi connectivity index (χ3n) is 2.01. The van der Waals surface area contributed by atoms with Gasteiger partial charge in [-0.05, 0) is 18.1 Å². The van der Waals surface area contributed by atoms with Crippen LogP contribution in [0.25, 0.3) is 0 Å². The molecular weight excluding hydrogens is 212 g/mol. The second kappa shape index (κ2) is 6.42. The maximum Gasteiger partial charge on any atom is 0.321 e. The van der Waals surface area contributed by atoms with Gasteiger partial charge in [-0.3, -0.25) is 9.78 Å². The fraction of sp³-hybridized carbons (Fsp3) is 0.400. The van der Waals surface area contributed by atoms with Crippen molar-refractivity contribution in [1.29, 1.82) is 0 Å². The number of hydrogen-bond donors (Lipinski definition) is 3. The summed E-state index contributed by atoms with van der Waals surface area (Å²) in [6.45, 7) is 0.614. The van der Waals surface area contributed by atoms with Crippen molar-refractivity contribution in [1.82, 2.24) is 10.3 Å². The molecule has 0 bridgehead atoms. The Hall–Kier alpha value is -1.07. The van der Waals surface area contributed by atoms with Gasteiger partial charge in [0, 0.05) is 24.7 Å². The zero-order valence-electron chi connectivity index (χ0n) is 8.26. The van der Waals surface area contributed by atoms with Crippen molar-refractivity contribution in [3.05, 3.63) is 30.1 Å². The largest absolute Gasteiger partial charge is 0.480 e. The number of carbonyl (C=O) groups is 1. The maximum atomic E-state index is 10.6. The Bertz CT molecular complexity index is 306. The molecule has 5 heteroatoms. The van der Waals surface area contributed by atoms with Gasteiger partial charge in [0.2, 0.25) is 0 Å². The van der Waals surface area contributed by atoms with Gasteiger partial charge in [0.25, 0.3) is 0 Å². The summed E-state index contributed by atoms with van der Waals surface area (Å²) in [5, 5.41) is 11.7. The molecular formula is C10H14N2O2S. The first-order valence-electron chi connectivity index (χ1n) is 4.70. The van der Waals surface area contributed by atoms with Crippen molar-refractivity contribution >= 4 is 18.6 Å². The molecule has 0 radical (unpaired) electrons. The van der Waals surface area contributed by atoms with Crippen LogP contribution in [0.4, 0.5) is 0 Å². The van der Waals surface area contributed by atoms with E-state index in [1.807, 2.05) is 12.1 Å². The number of nitrogens with zero attached hydrogens (tertiary/aromatic N) is 1. The molecule has 0 aromatic carbocycles. The van der Waals surface area contributed by atoms with Crippen LogP contribution in [0.3, 0.4) is 0 Å². The number of carboxylic acid groups (broad SMARTS) is 1. The van der Waals surface area contributed by atoms with E-state index < -0.39 is 12.0 Å². The summed E-state index contributed by atoms with van der Waals surface area (Å²) in [5.41, 5.74) is 1.09. The van der Waals surface area contributed by atoms with Gasteiger partial charge in [-0.2, -0.15) is 12.6 Å². The second-order valence-corrected chi connectivity index (χ2v) is 3.50. The van der Waals surface area contributed by atoms with Crippen LogP contribution in [-0.4, -0.2) is 34.4 Å². The quantitative estimate of drug-likeness (QED) is 0.622. The van der Waals surface area contributed by atoms with Gasteiger partial charge >= 0.3 is 5.97 Å². The number of pyridine rings is 1. The predicted molar refractivity (Wildman–Crippen MR) is 61.2 cm³/mol. The molecule has 0 aliphatic rings. The lowest BCUT2D eigenvalue weighted by molar-refractivity contribution is -0.138. The van der Waals surface area contributed by atoms with Crippen molar-refractivity contribution in [3.8, 4) is 0 Å². The van der Waals surface area contributed by atoms with Crippen LogP contribution in [0.5, 0.6) is 0 Å². The third-order valence-corrected chi connectivity index (χ3v) is 2.37. The van der Waals surface area contributed by atoms with Crippen LogP contribution in [-0.2, 0) is 11.2 Å². The van der Waals surface area contributed by atoms with E-state index in [0.717, 1.165) is 12.0 Å². The number of nitrogens with one attached hydrogen (secondary N) is 1. The fourth-order valence-corrected chi connectivity index (χ4v) is 1.45. The predicted octanol–water partition coefficient (Wildman–Crippen LogP) is 0.597. The Kier molecular flexibility index (Phi) is 5.14. The van der Waals surface area contributed by atoms with Gasteiger partial charge in [-0.25, -0.2) is 0 Å². The highest BCUT2D eigenvalue weighted by atomic mass is 32.1. The molecule has 0 unspecified atom stereocenters. The van der Waals surface area contributed by atoms with Crippen molar-refractivity contribution in [2.75, 3.05) is 12.3 Å². The molecule has 0 spiro atoms. The van der Waals surface area contributed by atoms with E-state index in [-0.39, 0.29) is 0 Å². The lowest BCUT2D eigenvalue weighted by Gasteiger charge is -2.11. The van der Waals surface area contributed by atoms with Crippen LogP contribution in [0, 0.1) is 0 Å². The molecule has 2 N–H and O–H groups in total. The molecule has 0 aliphatic carbocycles. The molecule has 0 fully saturated rings. The van der Waals surface area contributed by atoms with E-state index in [9.17, 15) is 4.79 Å². The summed E-state index contributed by atoms with van der Waals surface area (Å²) < 4.78 is 0. The standard InChI is InChI=1S/C10H14N2O2S/c13-10(14)9(7-15)12-5-3-8-2-1-4-11-6-8/h1-2,4,6,9,12,15H,3,5,7H2,(H,13,14)/t9-/m0/s1. The van der Waals surface area contributed by atoms with Crippen LogP contribution < -0.4 is 5.32 Å². The van der Waals surface area contributed by atoms with Crippen molar-refractivity contribution in [2.24, 2.45) is 0 Å². The van der Waals surface area contributed by atoms with Crippen LogP contribution in [0.1, 0.15) is 5.56 Å². The minimum atomic E-state index is -0.865. The summed E-state index contributed by atoms with van der Waals surface area (Å²) in [6, 6.07) is 3.25. The number of aromatic nitrogens is 1. The number of carboxylic acids is 1. The highest BCUT2D eigenvalue weighted by Gasteiger charge is 2.13. The molecule has 1 aromatic heterocycles. The Morgan fingerprint density at radius 1 is 1.67 bits per heavy atom. The number of aliphatic carboxylic acids is 1. The van der Waals surface area contributed by atoms with E-state index in [1.54, 1.807) is 12.4 Å². The lowest BCUT2D eigenvalue weighted by atomic mass is 10.2. The number of hydrogen-bond acceptors (Lipinski definition) is 4. The summed E-state index contributed by atoms with van der Waals surface area (Å²) in [4.78, 5) is 14.6. The zero-order chi connectivity index (χ0) is 11.1. The average Bonchev–Trinajstić information content (AvgIpc) is 2.25. The van der Waals surface area contributed by atoms with Gasteiger partial charge < -0.3 is 10.4 Å². The Morgan fingerprint density at radius 2 is 2.47 bits per heavy atom. The normalized spacial score (nSPS) is 12.3. The SMILES string of the molecule is O=C(O)[C@H](CS)NCCc1cccnc1. The van der Waals surface area contributed by atoms with E-state index in [2.05, 4.69) is 22.9 Å². The zero-order valence-corrected chi connectivity index (χ0v) is 9.15. The molecule has 0 amide bonds. The van der Waals surface area contributed by atoms with Crippen molar-refractivity contribution in [3.63, 3.8) is 0 Å². The average molecular weight is 226 g/mol. The van der Waals surface area contributed by atoms with E-state index >= 15 is 0 Å². The summed E-state index contributed by atoms with van der Waals surface area (Å²) in [7, 11) is 0. The molecule has 15 heavy (non-hydrogen) atoms. The van der Waals surface area contributed by atoms with Gasteiger partial charge in [0.05, 0.1) is 0 Å². The Labute approximate surface area is 94.1 Å². The fourth-order valence-electron chi connectivity index (χ4n) is 1.17. The molecule has 1 atom stereocenters. The van der Waals surface area contributed by atoms with Crippen molar-refractivity contribution in [2.45, 2.75) is 12.5 Å². The van der Waals surface area contributed by atoms with E-state index in [4.69, 9.17) is 5.11 Å². The van der Waals surface area contributed by atoms with E-state index in [0.29, 0.717) is 12.3 Å². The lowest BCUT2D eigenvalue weighted by Crippen LogP contribution is -2.39. The van der Waals surface area contributed by atoms with E-state index in [1.165, 1.54) is 0 Å². The number of thiol groups is 1. The maximum absolute atomic E-state index is 10.6. The first kappa shape index (κ1) is 12.0. The smallest absolute Gasteiger partial charge is 0.321 e. The monoisotopic (exact) mass is 226 g/mol. The summed E-state index contributed by atoms with van der Waals surface area (Å²) in [6.07, 6.45) is 4.26. The van der Waals surface area contributed by atoms with Crippen molar-refractivity contribution < 1.29 is 9.90 Å². The first-order valence-corrected chi connectivity index (χ1v) is 5.33. The summed E-state index contributed by atoms with van der Waals surface area (Å²) >= 11 is 3.96. The minimum absolute atomic E-state index is 0.294. The van der Waals surface area contributed by atoms with Crippen LogP contribution >= 0.6 is 12.6 Å². The second-order valence-electron chi connectivity index (χ2n) is 3.14. The first-order chi connectivity index (χ1) is 7.24. The molecule has 0 aliphatic heterocycles. The topological polar surface area (TPSA) is 62.2 Å². The van der Waals surface area contributed by atoms with Gasteiger partial charge in [-0.1, -0.05) is 6.07 Å². The van der Waals surface area contributed by atoms with Crippen LogP contribution in [0.15, 0.2) is 24.5 Å². The summed E-state index contributed by atoms with van der Waals surface area (Å²) in [5.74, 6) is -0.571. The Balaban J connectivity index is 2.30. The highest BCUT2D eigenvalue weighted by Crippen LogP contribution is 1.96. The number of rotatable bonds is 6. The van der Waals surface area contributed by atoms with Gasteiger partial charge in [0.1, 0.15) is 6.04 Å².